The number of hydrogen-bond donors (Lipinski definition) is 0. The normalized spacial score (nSPS) is 13.4. The summed E-state index contributed by atoms with van der Waals surface area (Å²) in [7, 11) is 0. The Kier molecular flexibility index (Phi) is 9.37. The molecule has 0 aliphatic carbocycles. The van der Waals surface area contributed by atoms with Gasteiger partial charge in [-0.1, -0.05) is 41.9 Å². The summed E-state index contributed by atoms with van der Waals surface area (Å²) in [5.74, 6) is 1.43. The molecule has 5 rings (SSSR count). The van der Waals surface area contributed by atoms with Crippen molar-refractivity contribution in [1.82, 2.24) is 34.4 Å². The fourth-order valence-corrected chi connectivity index (χ4v) is 4.86. The molecular weight excluding hydrogens is 575 g/mol. The van der Waals surface area contributed by atoms with Gasteiger partial charge in [-0.2, -0.15) is 9.97 Å². The van der Waals surface area contributed by atoms with Gasteiger partial charge in [-0.05, 0) is 37.9 Å². The topological polar surface area (TPSA) is 162 Å². The third-order valence-corrected chi connectivity index (χ3v) is 6.77. The Morgan fingerprint density at radius 1 is 0.854 bits per heavy atom. The Morgan fingerprint density at radius 3 is 2.05 bits per heavy atom. The molecule has 3 aromatic heterocycles. The lowest BCUT2D eigenvalue weighted by Crippen LogP contribution is -2.46. The van der Waals surface area contributed by atoms with Crippen LogP contribution >= 0.6 is 23.2 Å². The number of aromatic nitrogens is 6. The van der Waals surface area contributed by atoms with Gasteiger partial charge in [0.25, 0.3) is 0 Å². The number of nitro groups is 2. The van der Waals surface area contributed by atoms with Crippen LogP contribution in [-0.4, -0.2) is 70.4 Å². The molecule has 1 aliphatic heterocycles. The molecule has 1 saturated heterocycles. The Labute approximate surface area is 244 Å². The van der Waals surface area contributed by atoms with Crippen molar-refractivity contribution in [2.75, 3.05) is 31.1 Å². The molecule has 16 heteroatoms. The first-order valence-corrected chi connectivity index (χ1v) is 13.2. The molecule has 0 amide bonds. The molecular formula is C25H26Cl2N10O4. The van der Waals surface area contributed by atoms with Gasteiger partial charge in [0, 0.05) is 45.1 Å². The number of anilines is 1. The molecule has 0 radical (unpaired) electrons. The van der Waals surface area contributed by atoms with Crippen LogP contribution in [0.5, 0.6) is 0 Å². The van der Waals surface area contributed by atoms with E-state index in [2.05, 4.69) is 59.0 Å². The standard InChI is InChI=1S/C20H23N7O2.C5H3Cl2N3O2/c1-15-18(27(28)29)19(26-9-8-21-16(26)2)23-20(22-15)25-12-10-24(11-13-25)14-17-6-4-3-5-7-17;1-2-3(10(11)12)4(6)9-5(7)8-2/h3-9H,10-14H2,1-2H3;1H3. The lowest BCUT2D eigenvalue weighted by atomic mass is 10.2. The molecule has 214 valence electrons. The van der Waals surface area contributed by atoms with E-state index in [0.717, 1.165) is 32.7 Å². The first-order valence-electron chi connectivity index (χ1n) is 12.4. The van der Waals surface area contributed by atoms with Gasteiger partial charge in [-0.25, -0.2) is 15.0 Å². The van der Waals surface area contributed by atoms with Crippen LogP contribution in [0.3, 0.4) is 0 Å². The number of nitrogens with zero attached hydrogens (tertiary/aromatic N) is 10. The number of aryl methyl sites for hydroxylation is 3. The number of imidazole rings is 1. The Hall–Kier alpha value is -4.27. The Balaban J connectivity index is 0.000000271. The molecule has 1 fully saturated rings. The van der Waals surface area contributed by atoms with E-state index in [1.807, 2.05) is 6.07 Å². The Bertz CT molecular complexity index is 1540. The maximum Gasteiger partial charge on any atom is 0.333 e. The molecule has 0 atom stereocenters. The van der Waals surface area contributed by atoms with Crippen molar-refractivity contribution < 1.29 is 9.85 Å². The van der Waals surface area contributed by atoms with Crippen molar-refractivity contribution in [3.8, 4) is 5.82 Å². The molecule has 4 heterocycles. The summed E-state index contributed by atoms with van der Waals surface area (Å²) in [5, 5.41) is 21.6. The van der Waals surface area contributed by atoms with Crippen LogP contribution in [0.25, 0.3) is 5.82 Å². The van der Waals surface area contributed by atoms with Crippen molar-refractivity contribution >= 4 is 40.5 Å². The smallest absolute Gasteiger partial charge is 0.333 e. The molecule has 0 bridgehead atoms. The van der Waals surface area contributed by atoms with E-state index >= 15 is 0 Å². The number of halogens is 2. The Morgan fingerprint density at radius 2 is 1.49 bits per heavy atom. The molecule has 1 aliphatic rings. The van der Waals surface area contributed by atoms with Crippen molar-refractivity contribution in [1.29, 1.82) is 0 Å². The molecule has 1 aromatic carbocycles. The van der Waals surface area contributed by atoms with Gasteiger partial charge in [0.1, 0.15) is 17.2 Å². The molecule has 0 unspecified atom stereocenters. The van der Waals surface area contributed by atoms with Crippen LogP contribution in [0.4, 0.5) is 17.3 Å². The van der Waals surface area contributed by atoms with E-state index in [0.29, 0.717) is 17.5 Å². The lowest BCUT2D eigenvalue weighted by Gasteiger charge is -2.34. The van der Waals surface area contributed by atoms with Gasteiger partial charge in [0.05, 0.1) is 9.85 Å². The van der Waals surface area contributed by atoms with Crippen LogP contribution in [0.2, 0.25) is 10.4 Å². The predicted molar refractivity (Wildman–Crippen MR) is 153 cm³/mol. The fraction of sp³-hybridized carbons (Fsp3) is 0.320. The fourth-order valence-electron chi connectivity index (χ4n) is 4.32. The average Bonchev–Trinajstić information content (AvgIpc) is 3.34. The number of piperazine rings is 1. The minimum absolute atomic E-state index is 0.0856. The maximum atomic E-state index is 11.6. The first-order chi connectivity index (χ1) is 19.5. The molecule has 14 nitrogen and oxygen atoms in total. The highest BCUT2D eigenvalue weighted by Gasteiger charge is 2.27. The van der Waals surface area contributed by atoms with Crippen molar-refractivity contribution in [2.45, 2.75) is 27.3 Å². The molecule has 0 N–H and O–H groups in total. The first kappa shape index (κ1) is 29.7. The minimum Gasteiger partial charge on any atom is -0.338 e. The van der Waals surface area contributed by atoms with E-state index in [-0.39, 0.29) is 33.3 Å². The minimum atomic E-state index is -0.645. The van der Waals surface area contributed by atoms with Gasteiger partial charge >= 0.3 is 11.4 Å². The van der Waals surface area contributed by atoms with E-state index < -0.39 is 9.85 Å². The monoisotopic (exact) mass is 600 g/mol. The second-order valence-corrected chi connectivity index (χ2v) is 9.80. The molecule has 41 heavy (non-hydrogen) atoms. The highest BCUT2D eigenvalue weighted by atomic mass is 35.5. The van der Waals surface area contributed by atoms with Gasteiger partial charge in [-0.3, -0.25) is 29.7 Å². The molecule has 4 aromatic rings. The zero-order chi connectivity index (χ0) is 29.7. The largest absolute Gasteiger partial charge is 0.338 e. The van der Waals surface area contributed by atoms with Crippen molar-refractivity contribution in [3.05, 3.63) is 96.2 Å². The SMILES string of the molecule is Cc1nc(Cl)nc(Cl)c1[N+](=O)[O-].Cc1nc(N2CCN(Cc3ccccc3)CC2)nc(-n2ccnc2C)c1[N+](=O)[O-]. The summed E-state index contributed by atoms with van der Waals surface area (Å²) in [6.45, 7) is 9.11. The van der Waals surface area contributed by atoms with Gasteiger partial charge in [0.15, 0.2) is 0 Å². The summed E-state index contributed by atoms with van der Waals surface area (Å²) in [6, 6.07) is 10.4. The summed E-state index contributed by atoms with van der Waals surface area (Å²) in [5.41, 5.74) is 1.42. The highest BCUT2D eigenvalue weighted by molar-refractivity contribution is 6.33. The summed E-state index contributed by atoms with van der Waals surface area (Å²) in [6.07, 6.45) is 3.30. The zero-order valence-electron chi connectivity index (χ0n) is 22.4. The summed E-state index contributed by atoms with van der Waals surface area (Å²) in [4.78, 5) is 45.6. The summed E-state index contributed by atoms with van der Waals surface area (Å²) >= 11 is 10.9. The number of rotatable bonds is 6. The second-order valence-electron chi connectivity index (χ2n) is 9.11. The predicted octanol–water partition coefficient (Wildman–Crippen LogP) is 4.51. The average molecular weight is 601 g/mol. The second kappa shape index (κ2) is 12.9. The van der Waals surface area contributed by atoms with Crippen LogP contribution in [0, 0.1) is 41.0 Å². The number of hydrogen-bond acceptors (Lipinski definition) is 11. The quantitative estimate of drug-likeness (QED) is 0.132. The zero-order valence-corrected chi connectivity index (χ0v) is 23.9. The summed E-state index contributed by atoms with van der Waals surface area (Å²) < 4.78 is 1.64. The third kappa shape index (κ3) is 7.09. The number of benzene rings is 1. The van der Waals surface area contributed by atoms with Crippen molar-refractivity contribution in [3.63, 3.8) is 0 Å². The third-order valence-electron chi connectivity index (χ3n) is 6.34. The van der Waals surface area contributed by atoms with Gasteiger partial charge < -0.3 is 4.90 Å². The van der Waals surface area contributed by atoms with Crippen LogP contribution in [0.15, 0.2) is 42.7 Å². The van der Waals surface area contributed by atoms with Gasteiger partial charge in [-0.15, -0.1) is 0 Å². The lowest BCUT2D eigenvalue weighted by molar-refractivity contribution is -0.386. The van der Waals surface area contributed by atoms with Crippen molar-refractivity contribution in [2.24, 2.45) is 0 Å². The van der Waals surface area contributed by atoms with E-state index in [1.54, 1.807) is 30.8 Å². The molecule has 0 saturated carbocycles. The maximum absolute atomic E-state index is 11.6. The molecule has 0 spiro atoms. The van der Waals surface area contributed by atoms with Crippen LogP contribution in [-0.2, 0) is 6.54 Å². The van der Waals surface area contributed by atoms with Gasteiger partial charge in [0.2, 0.25) is 22.2 Å². The highest BCUT2D eigenvalue weighted by Crippen LogP contribution is 2.28. The van der Waals surface area contributed by atoms with E-state index in [1.165, 1.54) is 12.5 Å². The van der Waals surface area contributed by atoms with Crippen LogP contribution < -0.4 is 4.90 Å². The van der Waals surface area contributed by atoms with E-state index in [9.17, 15) is 20.2 Å². The van der Waals surface area contributed by atoms with Crippen LogP contribution in [0.1, 0.15) is 22.8 Å². The van der Waals surface area contributed by atoms with E-state index in [4.69, 9.17) is 23.2 Å².